The molecule has 0 aliphatic heterocycles. The minimum Gasteiger partial charge on any atom is -0.381 e. The first kappa shape index (κ1) is 14.9. The second-order valence-corrected chi connectivity index (χ2v) is 6.47. The van der Waals surface area contributed by atoms with Crippen molar-refractivity contribution in [3.63, 3.8) is 0 Å². The van der Waals surface area contributed by atoms with Gasteiger partial charge < -0.3 is 10.1 Å². The molecule has 0 amide bonds. The molecule has 0 heterocycles. The highest BCUT2D eigenvalue weighted by Gasteiger charge is 2.51. The Balaban J connectivity index is 2.10. The molecule has 0 spiro atoms. The predicted molar refractivity (Wildman–Crippen MR) is 84.7 cm³/mol. The van der Waals surface area contributed by atoms with Gasteiger partial charge in [0.1, 0.15) is 0 Å². The lowest BCUT2D eigenvalue weighted by atomic mass is 9.61. The van der Waals surface area contributed by atoms with Crippen molar-refractivity contribution in [2.45, 2.75) is 52.7 Å². The highest BCUT2D eigenvalue weighted by atomic mass is 79.9. The molecule has 0 radical (unpaired) electrons. The van der Waals surface area contributed by atoms with Crippen LogP contribution in [-0.4, -0.2) is 18.8 Å². The van der Waals surface area contributed by atoms with Crippen LogP contribution in [0.25, 0.3) is 0 Å². The van der Waals surface area contributed by atoms with Crippen molar-refractivity contribution in [2.24, 2.45) is 5.41 Å². The third-order valence-corrected chi connectivity index (χ3v) is 5.69. The molecule has 1 saturated carbocycles. The van der Waals surface area contributed by atoms with Crippen molar-refractivity contribution in [3.8, 4) is 0 Å². The largest absolute Gasteiger partial charge is 0.381 e. The van der Waals surface area contributed by atoms with E-state index >= 15 is 0 Å². The Bertz CT molecular complexity index is 448. The van der Waals surface area contributed by atoms with Gasteiger partial charge in [-0.1, -0.05) is 26.0 Å². The summed E-state index contributed by atoms with van der Waals surface area (Å²) in [5.41, 5.74) is 2.70. The molecular formula is C16H24BrNO. The molecule has 1 aliphatic carbocycles. The Hall–Kier alpha value is -0.540. The topological polar surface area (TPSA) is 21.3 Å². The van der Waals surface area contributed by atoms with Crippen molar-refractivity contribution in [1.29, 1.82) is 0 Å². The van der Waals surface area contributed by atoms with E-state index in [2.05, 4.69) is 67.1 Å². The van der Waals surface area contributed by atoms with E-state index in [0.717, 1.165) is 19.4 Å². The second-order valence-electron chi connectivity index (χ2n) is 5.67. The zero-order valence-corrected chi connectivity index (χ0v) is 13.9. The van der Waals surface area contributed by atoms with Crippen LogP contribution >= 0.6 is 15.9 Å². The number of aryl methyl sites for hydroxylation is 1. The fourth-order valence-corrected chi connectivity index (χ4v) is 3.30. The van der Waals surface area contributed by atoms with Crippen molar-refractivity contribution in [3.05, 3.63) is 28.2 Å². The number of hydrogen-bond acceptors (Lipinski definition) is 2. The summed E-state index contributed by atoms with van der Waals surface area (Å²) in [6.07, 6.45) is 2.63. The molecular weight excluding hydrogens is 302 g/mol. The number of halogens is 1. The van der Waals surface area contributed by atoms with Crippen LogP contribution in [0.1, 0.15) is 39.2 Å². The van der Waals surface area contributed by atoms with Gasteiger partial charge in [-0.3, -0.25) is 0 Å². The Morgan fingerprint density at radius 1 is 1.42 bits per heavy atom. The average molecular weight is 326 g/mol. The smallest absolute Gasteiger partial charge is 0.0667 e. The fourth-order valence-electron chi connectivity index (χ4n) is 2.92. The van der Waals surface area contributed by atoms with Crippen molar-refractivity contribution in [1.82, 2.24) is 0 Å². The summed E-state index contributed by atoms with van der Waals surface area (Å²) in [5.74, 6) is 0. The number of hydrogen-bond donors (Lipinski definition) is 1. The van der Waals surface area contributed by atoms with E-state index < -0.39 is 0 Å². The van der Waals surface area contributed by atoms with Crippen molar-refractivity contribution >= 4 is 21.6 Å². The van der Waals surface area contributed by atoms with Crippen LogP contribution < -0.4 is 5.32 Å². The quantitative estimate of drug-likeness (QED) is 0.842. The SMILES string of the molecule is CCOC1CC(Nc2cccc(C)c2Br)C1(C)CC. The van der Waals surface area contributed by atoms with Gasteiger partial charge in [0.05, 0.1) is 6.10 Å². The van der Waals surface area contributed by atoms with Crippen LogP contribution in [0.5, 0.6) is 0 Å². The lowest BCUT2D eigenvalue weighted by Gasteiger charge is -2.54. The van der Waals surface area contributed by atoms with Gasteiger partial charge in [0.15, 0.2) is 0 Å². The highest BCUT2D eigenvalue weighted by Crippen LogP contribution is 2.47. The molecule has 1 aromatic rings. The molecule has 106 valence electrons. The molecule has 0 saturated heterocycles. The van der Waals surface area contributed by atoms with E-state index in [0.29, 0.717) is 12.1 Å². The maximum Gasteiger partial charge on any atom is 0.0667 e. The zero-order chi connectivity index (χ0) is 14.0. The van der Waals surface area contributed by atoms with E-state index in [-0.39, 0.29) is 5.41 Å². The summed E-state index contributed by atoms with van der Waals surface area (Å²) in [7, 11) is 0. The Morgan fingerprint density at radius 2 is 2.16 bits per heavy atom. The number of benzene rings is 1. The first-order valence-electron chi connectivity index (χ1n) is 7.16. The molecule has 0 bridgehead atoms. The summed E-state index contributed by atoms with van der Waals surface area (Å²) in [6.45, 7) is 9.59. The van der Waals surface area contributed by atoms with Gasteiger partial charge in [-0.05, 0) is 54.2 Å². The van der Waals surface area contributed by atoms with E-state index in [1.165, 1.54) is 15.7 Å². The minimum absolute atomic E-state index is 0.235. The normalized spacial score (nSPS) is 29.9. The molecule has 2 nitrogen and oxygen atoms in total. The van der Waals surface area contributed by atoms with Gasteiger partial charge in [-0.15, -0.1) is 0 Å². The number of rotatable bonds is 5. The molecule has 1 aliphatic rings. The van der Waals surface area contributed by atoms with Crippen LogP contribution in [0.4, 0.5) is 5.69 Å². The number of anilines is 1. The Kier molecular flexibility index (Phi) is 4.57. The summed E-state index contributed by atoms with van der Waals surface area (Å²) >= 11 is 3.67. The Morgan fingerprint density at radius 3 is 2.79 bits per heavy atom. The minimum atomic E-state index is 0.235. The zero-order valence-electron chi connectivity index (χ0n) is 12.3. The van der Waals surface area contributed by atoms with Crippen molar-refractivity contribution < 1.29 is 4.74 Å². The van der Waals surface area contributed by atoms with Crippen LogP contribution in [0.2, 0.25) is 0 Å². The summed E-state index contributed by atoms with van der Waals surface area (Å²) in [4.78, 5) is 0. The molecule has 3 heteroatoms. The monoisotopic (exact) mass is 325 g/mol. The third-order valence-electron chi connectivity index (χ3n) is 4.63. The maximum atomic E-state index is 5.85. The molecule has 3 atom stereocenters. The maximum absolute atomic E-state index is 5.85. The van der Waals surface area contributed by atoms with Crippen molar-refractivity contribution in [2.75, 3.05) is 11.9 Å². The summed E-state index contributed by atoms with van der Waals surface area (Å²) in [5, 5.41) is 3.69. The van der Waals surface area contributed by atoms with Gasteiger partial charge >= 0.3 is 0 Å². The van der Waals surface area contributed by atoms with E-state index in [1.807, 2.05) is 0 Å². The molecule has 2 rings (SSSR count). The summed E-state index contributed by atoms with van der Waals surface area (Å²) in [6, 6.07) is 6.86. The molecule has 1 aromatic carbocycles. The summed E-state index contributed by atoms with van der Waals surface area (Å²) < 4.78 is 7.03. The van der Waals surface area contributed by atoms with E-state index in [4.69, 9.17) is 4.74 Å². The molecule has 19 heavy (non-hydrogen) atoms. The van der Waals surface area contributed by atoms with Crippen LogP contribution in [-0.2, 0) is 4.74 Å². The molecule has 0 aromatic heterocycles. The predicted octanol–water partition coefficient (Wildman–Crippen LogP) is 4.76. The average Bonchev–Trinajstić information content (AvgIpc) is 2.41. The van der Waals surface area contributed by atoms with Crippen LogP contribution in [0.15, 0.2) is 22.7 Å². The fraction of sp³-hybridized carbons (Fsp3) is 0.625. The number of ether oxygens (including phenoxy) is 1. The first-order chi connectivity index (χ1) is 9.02. The van der Waals surface area contributed by atoms with Crippen LogP contribution in [0, 0.1) is 12.3 Å². The molecule has 3 unspecified atom stereocenters. The lowest BCUT2D eigenvalue weighted by molar-refractivity contribution is -0.109. The van der Waals surface area contributed by atoms with Gasteiger partial charge in [0, 0.05) is 28.2 Å². The van der Waals surface area contributed by atoms with Gasteiger partial charge in [-0.25, -0.2) is 0 Å². The first-order valence-corrected chi connectivity index (χ1v) is 7.95. The number of nitrogens with one attached hydrogen (secondary N) is 1. The van der Waals surface area contributed by atoms with E-state index in [1.54, 1.807) is 0 Å². The third kappa shape index (κ3) is 2.68. The highest BCUT2D eigenvalue weighted by molar-refractivity contribution is 9.10. The van der Waals surface area contributed by atoms with E-state index in [9.17, 15) is 0 Å². The standard InChI is InChI=1S/C16H24BrNO/c1-5-16(4)13(10-14(16)19-6-2)18-12-9-7-8-11(3)15(12)17/h7-9,13-14,18H,5-6,10H2,1-4H3. The van der Waals surface area contributed by atoms with Gasteiger partial charge in [0.2, 0.25) is 0 Å². The van der Waals surface area contributed by atoms with Crippen LogP contribution in [0.3, 0.4) is 0 Å². The van der Waals surface area contributed by atoms with Gasteiger partial charge in [-0.2, -0.15) is 0 Å². The lowest BCUT2D eigenvalue weighted by Crippen LogP contribution is -2.59. The molecule has 1 N–H and O–H groups in total. The Labute approximate surface area is 125 Å². The van der Waals surface area contributed by atoms with Gasteiger partial charge in [0.25, 0.3) is 0 Å². The second kappa shape index (κ2) is 5.84. The molecule has 1 fully saturated rings.